The van der Waals surface area contributed by atoms with Gasteiger partial charge in [-0.05, 0) is 58.4 Å². The highest BCUT2D eigenvalue weighted by Crippen LogP contribution is 2.37. The molecular formula is C15H30N4S. The van der Waals surface area contributed by atoms with Crippen LogP contribution in [0.25, 0.3) is 0 Å². The lowest BCUT2D eigenvalue weighted by atomic mass is 10.1. The number of likely N-dealkylation sites (tertiary alicyclic amines) is 1. The second-order valence-corrected chi connectivity index (χ2v) is 8.08. The number of rotatable bonds is 5. The Hall–Kier alpha value is -0.420. The lowest BCUT2D eigenvalue weighted by molar-refractivity contribution is 0.394. The van der Waals surface area contributed by atoms with Gasteiger partial charge in [0.05, 0.1) is 6.54 Å². The molecule has 2 N–H and O–H groups in total. The highest BCUT2D eigenvalue weighted by molar-refractivity contribution is 8.00. The molecule has 116 valence electrons. The van der Waals surface area contributed by atoms with Crippen molar-refractivity contribution in [2.45, 2.75) is 37.9 Å². The Morgan fingerprint density at radius 3 is 2.90 bits per heavy atom. The van der Waals surface area contributed by atoms with Gasteiger partial charge in [0.2, 0.25) is 0 Å². The van der Waals surface area contributed by atoms with Crippen molar-refractivity contribution in [1.29, 1.82) is 0 Å². The number of nitrogens with zero attached hydrogens (tertiary/aromatic N) is 2. The van der Waals surface area contributed by atoms with Crippen molar-refractivity contribution in [2.75, 3.05) is 45.5 Å². The first-order valence-electron chi connectivity index (χ1n) is 7.96. The van der Waals surface area contributed by atoms with Crippen LogP contribution < -0.4 is 10.6 Å². The van der Waals surface area contributed by atoms with Gasteiger partial charge < -0.3 is 15.5 Å². The molecule has 0 bridgehead atoms. The molecule has 0 aromatic carbocycles. The van der Waals surface area contributed by atoms with Crippen molar-refractivity contribution >= 4 is 17.7 Å². The number of hydrogen-bond acceptors (Lipinski definition) is 3. The lowest BCUT2D eigenvalue weighted by Gasteiger charge is -2.21. The van der Waals surface area contributed by atoms with Crippen LogP contribution in [0.3, 0.4) is 0 Å². The fraction of sp³-hybridized carbons (Fsp3) is 0.933. The van der Waals surface area contributed by atoms with Gasteiger partial charge in [-0.15, -0.1) is 0 Å². The zero-order valence-corrected chi connectivity index (χ0v) is 14.1. The van der Waals surface area contributed by atoms with E-state index in [1.54, 1.807) is 0 Å². The molecule has 20 heavy (non-hydrogen) atoms. The number of aliphatic imine (C=N–C) groups is 1. The molecule has 2 heterocycles. The average molecular weight is 298 g/mol. The van der Waals surface area contributed by atoms with E-state index in [1.165, 1.54) is 38.1 Å². The zero-order valence-electron chi connectivity index (χ0n) is 13.2. The predicted molar refractivity (Wildman–Crippen MR) is 89.7 cm³/mol. The first kappa shape index (κ1) is 16.0. The Bertz CT molecular complexity index is 326. The smallest absolute Gasteiger partial charge is 0.191 e. The van der Waals surface area contributed by atoms with Crippen molar-refractivity contribution < 1.29 is 0 Å². The summed E-state index contributed by atoms with van der Waals surface area (Å²) in [6, 6.07) is 0. The minimum Gasteiger partial charge on any atom is -0.357 e. The summed E-state index contributed by atoms with van der Waals surface area (Å²) in [6.07, 6.45) is 3.94. The van der Waals surface area contributed by atoms with Crippen molar-refractivity contribution in [3.63, 3.8) is 0 Å². The van der Waals surface area contributed by atoms with Crippen LogP contribution in [-0.2, 0) is 0 Å². The lowest BCUT2D eigenvalue weighted by Crippen LogP contribution is -2.41. The molecule has 0 radical (unpaired) electrons. The van der Waals surface area contributed by atoms with Crippen molar-refractivity contribution in [1.82, 2.24) is 15.5 Å². The Morgan fingerprint density at radius 1 is 1.45 bits per heavy atom. The maximum atomic E-state index is 4.81. The molecule has 2 atom stereocenters. The van der Waals surface area contributed by atoms with Crippen molar-refractivity contribution in [3.8, 4) is 0 Å². The van der Waals surface area contributed by atoms with Crippen LogP contribution in [0.15, 0.2) is 4.99 Å². The number of guanidine groups is 1. The molecule has 2 rings (SSSR count). The molecule has 2 saturated heterocycles. The Morgan fingerprint density at radius 2 is 2.30 bits per heavy atom. The standard InChI is InChI=1S/C15H30N4S/c1-4-16-14(17-10-13-6-8-19(3)11-13)18-12-15(2)7-5-9-20-15/h13H,4-12H2,1-3H3,(H2,16,17,18). The van der Waals surface area contributed by atoms with E-state index < -0.39 is 0 Å². The van der Waals surface area contributed by atoms with E-state index in [1.807, 2.05) is 0 Å². The second-order valence-electron chi connectivity index (χ2n) is 6.39. The minimum absolute atomic E-state index is 0.357. The molecule has 2 aliphatic rings. The normalized spacial score (nSPS) is 31.8. The molecule has 2 fully saturated rings. The van der Waals surface area contributed by atoms with Gasteiger partial charge in [0.15, 0.2) is 5.96 Å². The van der Waals surface area contributed by atoms with Gasteiger partial charge in [0, 0.05) is 24.4 Å². The van der Waals surface area contributed by atoms with E-state index in [-0.39, 0.29) is 0 Å². The molecule has 4 nitrogen and oxygen atoms in total. The summed E-state index contributed by atoms with van der Waals surface area (Å²) in [6.45, 7) is 9.82. The van der Waals surface area contributed by atoms with Crippen LogP contribution in [0.5, 0.6) is 0 Å². The SMILES string of the molecule is CCNC(=NCC1(C)CCCS1)NCC1CCN(C)C1. The van der Waals surface area contributed by atoms with Gasteiger partial charge in [-0.1, -0.05) is 0 Å². The third-order valence-corrected chi connectivity index (χ3v) is 5.79. The van der Waals surface area contributed by atoms with Crippen LogP contribution in [0, 0.1) is 5.92 Å². The topological polar surface area (TPSA) is 39.7 Å². The van der Waals surface area contributed by atoms with Crippen LogP contribution in [-0.4, -0.2) is 61.1 Å². The Kier molecular flexibility index (Phi) is 6.02. The largest absolute Gasteiger partial charge is 0.357 e. The Labute approximate surface area is 128 Å². The molecule has 0 amide bonds. The summed E-state index contributed by atoms with van der Waals surface area (Å²) >= 11 is 2.08. The molecule has 0 spiro atoms. The van der Waals surface area contributed by atoms with E-state index in [9.17, 15) is 0 Å². The first-order valence-corrected chi connectivity index (χ1v) is 8.94. The monoisotopic (exact) mass is 298 g/mol. The summed E-state index contributed by atoms with van der Waals surface area (Å²) in [4.78, 5) is 7.22. The van der Waals surface area contributed by atoms with Crippen LogP contribution in [0.1, 0.15) is 33.1 Å². The van der Waals surface area contributed by atoms with E-state index in [4.69, 9.17) is 4.99 Å². The van der Waals surface area contributed by atoms with Gasteiger partial charge in [-0.25, -0.2) is 0 Å². The van der Waals surface area contributed by atoms with Gasteiger partial charge in [-0.3, -0.25) is 4.99 Å². The van der Waals surface area contributed by atoms with Crippen LogP contribution >= 0.6 is 11.8 Å². The molecule has 2 unspecified atom stereocenters. The number of hydrogen-bond donors (Lipinski definition) is 2. The van der Waals surface area contributed by atoms with Crippen molar-refractivity contribution in [3.05, 3.63) is 0 Å². The summed E-state index contributed by atoms with van der Waals surface area (Å²) < 4.78 is 0.357. The number of thioether (sulfide) groups is 1. The zero-order chi connectivity index (χ0) is 14.4. The molecule has 2 aliphatic heterocycles. The van der Waals surface area contributed by atoms with E-state index in [2.05, 4.69) is 48.2 Å². The summed E-state index contributed by atoms with van der Waals surface area (Å²) in [7, 11) is 2.21. The third-order valence-electron chi connectivity index (χ3n) is 4.26. The quantitative estimate of drug-likeness (QED) is 0.599. The fourth-order valence-electron chi connectivity index (χ4n) is 2.98. The molecule has 0 aromatic heterocycles. The minimum atomic E-state index is 0.357. The van der Waals surface area contributed by atoms with Gasteiger partial charge in [0.25, 0.3) is 0 Å². The van der Waals surface area contributed by atoms with Gasteiger partial charge in [-0.2, -0.15) is 11.8 Å². The molecule has 5 heteroatoms. The first-order chi connectivity index (χ1) is 9.61. The highest BCUT2D eigenvalue weighted by Gasteiger charge is 2.29. The average Bonchev–Trinajstić information content (AvgIpc) is 3.03. The summed E-state index contributed by atoms with van der Waals surface area (Å²) in [5.74, 6) is 3.06. The van der Waals surface area contributed by atoms with E-state index >= 15 is 0 Å². The van der Waals surface area contributed by atoms with Gasteiger partial charge >= 0.3 is 0 Å². The fourth-order valence-corrected chi connectivity index (χ4v) is 4.21. The van der Waals surface area contributed by atoms with Crippen molar-refractivity contribution in [2.24, 2.45) is 10.9 Å². The maximum absolute atomic E-state index is 4.81. The molecular weight excluding hydrogens is 268 g/mol. The Balaban J connectivity index is 1.79. The molecule has 0 aliphatic carbocycles. The van der Waals surface area contributed by atoms with Gasteiger partial charge in [0.1, 0.15) is 0 Å². The third kappa shape index (κ3) is 4.85. The van der Waals surface area contributed by atoms with E-state index in [0.717, 1.165) is 31.5 Å². The predicted octanol–water partition coefficient (Wildman–Crippen LogP) is 1.78. The van der Waals surface area contributed by atoms with Crippen LogP contribution in [0.4, 0.5) is 0 Å². The van der Waals surface area contributed by atoms with Crippen LogP contribution in [0.2, 0.25) is 0 Å². The second kappa shape index (κ2) is 7.55. The molecule has 0 aromatic rings. The summed E-state index contributed by atoms with van der Waals surface area (Å²) in [5.41, 5.74) is 0. The molecule has 0 saturated carbocycles. The van der Waals surface area contributed by atoms with E-state index in [0.29, 0.717) is 4.75 Å². The maximum Gasteiger partial charge on any atom is 0.191 e. The summed E-state index contributed by atoms with van der Waals surface area (Å²) in [5, 5.41) is 6.90. The number of nitrogens with one attached hydrogen (secondary N) is 2. The highest BCUT2D eigenvalue weighted by atomic mass is 32.2.